The van der Waals surface area contributed by atoms with Crippen molar-refractivity contribution >= 4 is 15.9 Å². The number of hydrogen-bond acceptors (Lipinski definition) is 1. The molecule has 0 saturated heterocycles. The highest BCUT2D eigenvalue weighted by Crippen LogP contribution is 2.22. The summed E-state index contributed by atoms with van der Waals surface area (Å²) < 4.78 is 1.16. The highest BCUT2D eigenvalue weighted by molar-refractivity contribution is 9.10. The van der Waals surface area contributed by atoms with Crippen molar-refractivity contribution in [2.45, 2.75) is 33.1 Å². The molecule has 0 radical (unpaired) electrons. The molecule has 0 heterocycles. The lowest BCUT2D eigenvalue weighted by Crippen LogP contribution is -2.23. The van der Waals surface area contributed by atoms with Crippen molar-refractivity contribution in [3.05, 3.63) is 34.3 Å². The normalized spacial score (nSPS) is 11.7. The van der Waals surface area contributed by atoms with E-state index in [1.165, 1.54) is 18.4 Å². The Morgan fingerprint density at radius 1 is 1.33 bits per heavy atom. The molecule has 0 spiro atoms. The fourth-order valence-electron chi connectivity index (χ4n) is 1.57. The molecule has 2 heteroatoms. The Labute approximate surface area is 101 Å². The predicted octanol–water partition coefficient (Wildman–Crippen LogP) is 3.76. The molecule has 0 aliphatic carbocycles. The van der Waals surface area contributed by atoms with Crippen molar-refractivity contribution < 1.29 is 0 Å². The van der Waals surface area contributed by atoms with E-state index in [1.807, 2.05) is 0 Å². The van der Waals surface area contributed by atoms with Gasteiger partial charge in [0.25, 0.3) is 0 Å². The zero-order valence-electron chi connectivity index (χ0n) is 9.59. The number of halogens is 1. The van der Waals surface area contributed by atoms with E-state index < -0.39 is 0 Å². The molecule has 0 aliphatic heterocycles. The molecule has 0 atom stereocenters. The topological polar surface area (TPSA) is 26.0 Å². The van der Waals surface area contributed by atoms with Gasteiger partial charge in [0, 0.05) is 4.47 Å². The number of nitrogens with two attached hydrogens (primary N) is 1. The first-order chi connectivity index (χ1) is 7.03. The van der Waals surface area contributed by atoms with E-state index in [0.717, 1.165) is 17.4 Å². The van der Waals surface area contributed by atoms with Gasteiger partial charge in [-0.25, -0.2) is 0 Å². The van der Waals surface area contributed by atoms with Crippen LogP contribution in [0.25, 0.3) is 0 Å². The Hall–Kier alpha value is -0.340. The van der Waals surface area contributed by atoms with Crippen LogP contribution in [-0.4, -0.2) is 6.54 Å². The average Bonchev–Trinajstić information content (AvgIpc) is 2.18. The Bertz CT molecular complexity index is 307. The van der Waals surface area contributed by atoms with Gasteiger partial charge in [0.15, 0.2) is 0 Å². The maximum absolute atomic E-state index is 5.70. The van der Waals surface area contributed by atoms with Crippen LogP contribution in [0.5, 0.6) is 0 Å². The average molecular weight is 270 g/mol. The van der Waals surface area contributed by atoms with Gasteiger partial charge in [-0.2, -0.15) is 0 Å². The van der Waals surface area contributed by atoms with E-state index in [0.29, 0.717) is 0 Å². The van der Waals surface area contributed by atoms with Gasteiger partial charge in [-0.3, -0.25) is 0 Å². The predicted molar refractivity (Wildman–Crippen MR) is 69.9 cm³/mol. The third-order valence-electron chi connectivity index (χ3n) is 2.76. The number of rotatable bonds is 5. The maximum atomic E-state index is 5.70. The highest BCUT2D eigenvalue weighted by Gasteiger charge is 2.14. The largest absolute Gasteiger partial charge is 0.330 e. The van der Waals surface area contributed by atoms with Crippen molar-refractivity contribution in [3.63, 3.8) is 0 Å². The summed E-state index contributed by atoms with van der Waals surface area (Å²) in [5, 5.41) is 0. The van der Waals surface area contributed by atoms with E-state index in [-0.39, 0.29) is 5.41 Å². The molecule has 0 unspecified atom stereocenters. The van der Waals surface area contributed by atoms with Crippen molar-refractivity contribution in [3.8, 4) is 0 Å². The summed E-state index contributed by atoms with van der Waals surface area (Å²) in [5.74, 6) is 0. The van der Waals surface area contributed by atoms with Gasteiger partial charge in [-0.05, 0) is 48.9 Å². The molecule has 2 N–H and O–H groups in total. The molecule has 0 saturated carbocycles. The van der Waals surface area contributed by atoms with Gasteiger partial charge >= 0.3 is 0 Å². The molecule has 0 fully saturated rings. The highest BCUT2D eigenvalue weighted by atomic mass is 79.9. The summed E-state index contributed by atoms with van der Waals surface area (Å²) in [6.07, 6.45) is 3.54. The lowest BCUT2D eigenvalue weighted by atomic mass is 9.87. The van der Waals surface area contributed by atoms with Crippen LogP contribution in [0, 0.1) is 5.41 Å². The molecule has 0 aromatic heterocycles. The molecule has 15 heavy (non-hydrogen) atoms. The van der Waals surface area contributed by atoms with E-state index in [4.69, 9.17) is 5.73 Å². The summed E-state index contributed by atoms with van der Waals surface area (Å²) in [7, 11) is 0. The summed E-state index contributed by atoms with van der Waals surface area (Å²) in [6, 6.07) is 8.52. The summed E-state index contributed by atoms with van der Waals surface area (Å²) in [4.78, 5) is 0. The van der Waals surface area contributed by atoms with Crippen molar-refractivity contribution in [1.29, 1.82) is 0 Å². The summed E-state index contributed by atoms with van der Waals surface area (Å²) in [5.41, 5.74) is 7.39. The zero-order valence-corrected chi connectivity index (χ0v) is 11.2. The zero-order chi connectivity index (χ0) is 11.3. The Kier molecular flexibility index (Phi) is 4.81. The van der Waals surface area contributed by atoms with Crippen LogP contribution in [0.3, 0.4) is 0 Å². The Balaban J connectivity index is 2.38. The molecule has 1 nitrogen and oxygen atoms in total. The molecular formula is C13H20BrN. The van der Waals surface area contributed by atoms with E-state index >= 15 is 0 Å². The molecule has 1 aromatic rings. The van der Waals surface area contributed by atoms with Gasteiger partial charge in [0.1, 0.15) is 0 Å². The van der Waals surface area contributed by atoms with Crippen LogP contribution >= 0.6 is 15.9 Å². The smallest absolute Gasteiger partial charge is 0.0177 e. The standard InChI is InChI=1S/C13H20BrN/c1-13(2,10-15)8-4-6-11-5-3-7-12(14)9-11/h3,5,7,9H,4,6,8,10,15H2,1-2H3. The monoisotopic (exact) mass is 269 g/mol. The molecular weight excluding hydrogens is 250 g/mol. The van der Waals surface area contributed by atoms with Crippen molar-refractivity contribution in [2.75, 3.05) is 6.54 Å². The summed E-state index contributed by atoms with van der Waals surface area (Å²) >= 11 is 3.49. The quantitative estimate of drug-likeness (QED) is 0.866. The van der Waals surface area contributed by atoms with Crippen LogP contribution in [0.2, 0.25) is 0 Å². The van der Waals surface area contributed by atoms with E-state index in [1.54, 1.807) is 0 Å². The minimum Gasteiger partial charge on any atom is -0.330 e. The van der Waals surface area contributed by atoms with Crippen LogP contribution < -0.4 is 5.73 Å². The Morgan fingerprint density at radius 3 is 2.67 bits per heavy atom. The number of hydrogen-bond donors (Lipinski definition) is 1. The van der Waals surface area contributed by atoms with Gasteiger partial charge in [-0.1, -0.05) is 41.9 Å². The first-order valence-corrected chi connectivity index (χ1v) is 6.27. The van der Waals surface area contributed by atoms with Crippen molar-refractivity contribution in [1.82, 2.24) is 0 Å². The molecule has 1 aromatic carbocycles. The second-order valence-electron chi connectivity index (χ2n) is 4.85. The fourth-order valence-corrected chi connectivity index (χ4v) is 2.01. The van der Waals surface area contributed by atoms with Gasteiger partial charge in [0.05, 0.1) is 0 Å². The van der Waals surface area contributed by atoms with Gasteiger partial charge < -0.3 is 5.73 Å². The second kappa shape index (κ2) is 5.66. The molecule has 0 bridgehead atoms. The first-order valence-electron chi connectivity index (χ1n) is 5.48. The lowest BCUT2D eigenvalue weighted by molar-refractivity contribution is 0.337. The van der Waals surface area contributed by atoms with Crippen LogP contribution in [0.1, 0.15) is 32.3 Å². The van der Waals surface area contributed by atoms with Crippen LogP contribution in [0.4, 0.5) is 0 Å². The summed E-state index contributed by atoms with van der Waals surface area (Å²) in [6.45, 7) is 5.23. The molecule has 84 valence electrons. The fraction of sp³-hybridized carbons (Fsp3) is 0.538. The Morgan fingerprint density at radius 2 is 2.07 bits per heavy atom. The molecule has 1 rings (SSSR count). The SMILES string of the molecule is CC(C)(CN)CCCc1cccc(Br)c1. The molecule has 0 amide bonds. The van der Waals surface area contributed by atoms with Gasteiger partial charge in [-0.15, -0.1) is 0 Å². The molecule has 0 aliphatic rings. The lowest BCUT2D eigenvalue weighted by Gasteiger charge is -2.21. The number of aryl methyl sites for hydroxylation is 1. The second-order valence-corrected chi connectivity index (χ2v) is 5.77. The van der Waals surface area contributed by atoms with E-state index in [2.05, 4.69) is 54.0 Å². The third-order valence-corrected chi connectivity index (χ3v) is 3.25. The van der Waals surface area contributed by atoms with Gasteiger partial charge in [0.2, 0.25) is 0 Å². The number of benzene rings is 1. The first kappa shape index (κ1) is 12.7. The minimum atomic E-state index is 0.284. The van der Waals surface area contributed by atoms with Crippen LogP contribution in [0.15, 0.2) is 28.7 Å². The van der Waals surface area contributed by atoms with E-state index in [9.17, 15) is 0 Å². The minimum absolute atomic E-state index is 0.284. The van der Waals surface area contributed by atoms with Crippen LogP contribution in [-0.2, 0) is 6.42 Å². The van der Waals surface area contributed by atoms with Crippen molar-refractivity contribution in [2.24, 2.45) is 11.1 Å². The maximum Gasteiger partial charge on any atom is 0.0177 e. The third kappa shape index (κ3) is 4.80.